The Morgan fingerprint density at radius 1 is 1.32 bits per heavy atom. The SMILES string of the molecule is CC1CN(C(=O)c2ccn(C(C)C)n2)Cc2ccccc2O1. The zero-order valence-electron chi connectivity index (χ0n) is 13.2. The van der Waals surface area contributed by atoms with E-state index in [4.69, 9.17) is 4.74 Å². The second kappa shape index (κ2) is 5.83. The molecule has 1 aromatic carbocycles. The van der Waals surface area contributed by atoms with Crippen LogP contribution in [0.15, 0.2) is 36.5 Å². The van der Waals surface area contributed by atoms with E-state index in [0.717, 1.165) is 11.3 Å². The van der Waals surface area contributed by atoms with Crippen molar-refractivity contribution in [2.45, 2.75) is 39.5 Å². The lowest BCUT2D eigenvalue weighted by Gasteiger charge is -2.21. The topological polar surface area (TPSA) is 47.4 Å². The van der Waals surface area contributed by atoms with Crippen LogP contribution in [0.2, 0.25) is 0 Å². The van der Waals surface area contributed by atoms with Gasteiger partial charge in [0.15, 0.2) is 0 Å². The van der Waals surface area contributed by atoms with Gasteiger partial charge in [-0.15, -0.1) is 0 Å². The fourth-order valence-corrected chi connectivity index (χ4v) is 2.64. The molecule has 0 N–H and O–H groups in total. The van der Waals surface area contributed by atoms with Gasteiger partial charge in [0.05, 0.1) is 6.54 Å². The minimum atomic E-state index is -0.0495. The van der Waals surface area contributed by atoms with Gasteiger partial charge in [-0.05, 0) is 32.9 Å². The van der Waals surface area contributed by atoms with Crippen LogP contribution in [-0.2, 0) is 6.54 Å². The molecule has 1 amide bonds. The fourth-order valence-electron chi connectivity index (χ4n) is 2.64. The summed E-state index contributed by atoms with van der Waals surface area (Å²) in [6.45, 7) is 7.17. The summed E-state index contributed by atoms with van der Waals surface area (Å²) in [4.78, 5) is 14.5. The maximum absolute atomic E-state index is 12.7. The van der Waals surface area contributed by atoms with Crippen molar-refractivity contribution < 1.29 is 9.53 Å². The van der Waals surface area contributed by atoms with E-state index in [-0.39, 0.29) is 18.1 Å². The zero-order chi connectivity index (χ0) is 15.7. The number of fused-ring (bicyclic) bond motifs is 1. The van der Waals surface area contributed by atoms with Gasteiger partial charge in [-0.25, -0.2) is 0 Å². The molecule has 1 aliphatic heterocycles. The van der Waals surface area contributed by atoms with Gasteiger partial charge < -0.3 is 9.64 Å². The molecule has 0 aliphatic carbocycles. The smallest absolute Gasteiger partial charge is 0.274 e. The third kappa shape index (κ3) is 2.84. The molecule has 1 aliphatic rings. The van der Waals surface area contributed by atoms with Crippen LogP contribution < -0.4 is 4.74 Å². The van der Waals surface area contributed by atoms with E-state index in [2.05, 4.69) is 5.10 Å². The van der Waals surface area contributed by atoms with Crippen molar-refractivity contribution in [2.75, 3.05) is 6.54 Å². The third-order valence-corrected chi connectivity index (χ3v) is 3.78. The van der Waals surface area contributed by atoms with Gasteiger partial charge in [0, 0.05) is 24.3 Å². The summed E-state index contributed by atoms with van der Waals surface area (Å²) < 4.78 is 7.70. The van der Waals surface area contributed by atoms with Crippen LogP contribution in [0.4, 0.5) is 0 Å². The predicted octanol–water partition coefficient (Wildman–Crippen LogP) is 2.89. The summed E-state index contributed by atoms with van der Waals surface area (Å²) >= 11 is 0. The van der Waals surface area contributed by atoms with Gasteiger partial charge in [-0.2, -0.15) is 5.10 Å². The van der Waals surface area contributed by atoms with E-state index in [1.807, 2.05) is 56.1 Å². The second-order valence-electron chi connectivity index (χ2n) is 6.00. The molecule has 0 saturated heterocycles. The van der Waals surface area contributed by atoms with E-state index in [0.29, 0.717) is 18.8 Å². The molecule has 0 bridgehead atoms. The zero-order valence-corrected chi connectivity index (χ0v) is 13.2. The molecule has 0 saturated carbocycles. The highest BCUT2D eigenvalue weighted by atomic mass is 16.5. The van der Waals surface area contributed by atoms with Crippen molar-refractivity contribution in [3.8, 4) is 5.75 Å². The first-order chi connectivity index (χ1) is 10.5. The molecule has 1 unspecified atom stereocenters. The van der Waals surface area contributed by atoms with Crippen molar-refractivity contribution in [1.82, 2.24) is 14.7 Å². The molecule has 116 valence electrons. The Labute approximate surface area is 130 Å². The minimum absolute atomic E-state index is 0.0419. The Morgan fingerprint density at radius 3 is 2.82 bits per heavy atom. The maximum Gasteiger partial charge on any atom is 0.274 e. The number of carbonyl (C=O) groups is 1. The molecule has 2 heterocycles. The summed E-state index contributed by atoms with van der Waals surface area (Å²) in [6.07, 6.45) is 1.81. The minimum Gasteiger partial charge on any atom is -0.489 e. The van der Waals surface area contributed by atoms with Crippen molar-refractivity contribution in [1.29, 1.82) is 0 Å². The van der Waals surface area contributed by atoms with Gasteiger partial charge in [0.2, 0.25) is 0 Å². The maximum atomic E-state index is 12.7. The Bertz CT molecular complexity index is 678. The number of ether oxygens (including phenoxy) is 1. The lowest BCUT2D eigenvalue weighted by atomic mass is 10.2. The van der Waals surface area contributed by atoms with Crippen LogP contribution in [0.1, 0.15) is 42.9 Å². The molecule has 5 nitrogen and oxygen atoms in total. The number of aromatic nitrogens is 2. The summed E-state index contributed by atoms with van der Waals surface area (Å²) in [5.74, 6) is 0.810. The van der Waals surface area contributed by atoms with Gasteiger partial charge >= 0.3 is 0 Å². The number of rotatable bonds is 2. The Morgan fingerprint density at radius 2 is 2.09 bits per heavy atom. The monoisotopic (exact) mass is 299 g/mol. The molecule has 0 radical (unpaired) electrons. The van der Waals surface area contributed by atoms with Crippen LogP contribution in [0.25, 0.3) is 0 Å². The van der Waals surface area contributed by atoms with Crippen LogP contribution in [0, 0.1) is 0 Å². The van der Waals surface area contributed by atoms with E-state index in [1.165, 1.54) is 0 Å². The first kappa shape index (κ1) is 14.6. The van der Waals surface area contributed by atoms with Gasteiger partial charge in [-0.3, -0.25) is 9.48 Å². The average Bonchev–Trinajstić information content (AvgIpc) is 2.91. The number of hydrogen-bond donors (Lipinski definition) is 0. The van der Waals surface area contributed by atoms with E-state index >= 15 is 0 Å². The standard InChI is InChI=1S/C17H21N3O2/c1-12(2)20-9-8-15(18-20)17(21)19-10-13(3)22-16-7-5-4-6-14(16)11-19/h4-9,12-13H,10-11H2,1-3H3. The molecule has 5 heteroatoms. The fraction of sp³-hybridized carbons (Fsp3) is 0.412. The largest absolute Gasteiger partial charge is 0.489 e. The molecular formula is C17H21N3O2. The number of amides is 1. The molecule has 2 aromatic rings. The molecule has 0 fully saturated rings. The molecule has 1 atom stereocenters. The predicted molar refractivity (Wildman–Crippen MR) is 83.9 cm³/mol. The first-order valence-electron chi connectivity index (χ1n) is 7.63. The van der Waals surface area contributed by atoms with E-state index < -0.39 is 0 Å². The highest BCUT2D eigenvalue weighted by Gasteiger charge is 2.25. The molecule has 22 heavy (non-hydrogen) atoms. The number of nitrogens with zero attached hydrogens (tertiary/aromatic N) is 3. The van der Waals surface area contributed by atoms with E-state index in [1.54, 1.807) is 10.7 Å². The van der Waals surface area contributed by atoms with Crippen LogP contribution in [-0.4, -0.2) is 33.2 Å². The van der Waals surface area contributed by atoms with Crippen molar-refractivity contribution in [2.24, 2.45) is 0 Å². The molecule has 0 spiro atoms. The van der Waals surface area contributed by atoms with Gasteiger partial charge in [0.1, 0.15) is 17.5 Å². The number of para-hydroxylation sites is 1. The average molecular weight is 299 g/mol. The lowest BCUT2D eigenvalue weighted by Crippen LogP contribution is -2.36. The number of benzene rings is 1. The van der Waals surface area contributed by atoms with Gasteiger partial charge in [-0.1, -0.05) is 18.2 Å². The third-order valence-electron chi connectivity index (χ3n) is 3.78. The quantitative estimate of drug-likeness (QED) is 0.856. The summed E-state index contributed by atoms with van der Waals surface area (Å²) in [7, 11) is 0. The molecule has 3 rings (SSSR count). The summed E-state index contributed by atoms with van der Waals surface area (Å²) in [5.41, 5.74) is 1.52. The van der Waals surface area contributed by atoms with Crippen molar-refractivity contribution in [3.05, 3.63) is 47.8 Å². The van der Waals surface area contributed by atoms with Crippen molar-refractivity contribution >= 4 is 5.91 Å². The first-order valence-corrected chi connectivity index (χ1v) is 7.63. The number of carbonyl (C=O) groups excluding carboxylic acids is 1. The molecular weight excluding hydrogens is 278 g/mol. The lowest BCUT2D eigenvalue weighted by molar-refractivity contribution is 0.0683. The Kier molecular flexibility index (Phi) is 3.88. The van der Waals surface area contributed by atoms with Crippen molar-refractivity contribution in [3.63, 3.8) is 0 Å². The van der Waals surface area contributed by atoms with Crippen LogP contribution >= 0.6 is 0 Å². The summed E-state index contributed by atoms with van der Waals surface area (Å²) in [6, 6.07) is 9.90. The highest BCUT2D eigenvalue weighted by Crippen LogP contribution is 2.25. The molecule has 1 aromatic heterocycles. The Balaban J connectivity index is 1.85. The summed E-state index contributed by atoms with van der Waals surface area (Å²) in [5, 5.41) is 4.38. The second-order valence-corrected chi connectivity index (χ2v) is 6.00. The van der Waals surface area contributed by atoms with Crippen LogP contribution in [0.3, 0.4) is 0 Å². The highest BCUT2D eigenvalue weighted by molar-refractivity contribution is 5.92. The van der Waals surface area contributed by atoms with Crippen LogP contribution in [0.5, 0.6) is 5.75 Å². The van der Waals surface area contributed by atoms with E-state index in [9.17, 15) is 4.79 Å². The van der Waals surface area contributed by atoms with Gasteiger partial charge in [0.25, 0.3) is 5.91 Å². The Hall–Kier alpha value is -2.30. The number of hydrogen-bond acceptors (Lipinski definition) is 3. The normalized spacial score (nSPS) is 17.8.